The molecule has 1 amide bonds. The van der Waals surface area contributed by atoms with Crippen LogP contribution in [0.4, 0.5) is 14.5 Å². The van der Waals surface area contributed by atoms with Gasteiger partial charge in [0.25, 0.3) is 11.5 Å². The molecule has 144 valence electrons. The minimum atomic E-state index is -0.980. The van der Waals surface area contributed by atoms with Crippen molar-refractivity contribution < 1.29 is 23.1 Å². The molecule has 1 N–H and O–H groups in total. The number of benzene rings is 1. The van der Waals surface area contributed by atoms with Crippen LogP contribution in [0.1, 0.15) is 30.3 Å². The molecule has 2 rings (SSSR count). The van der Waals surface area contributed by atoms with E-state index >= 15 is 0 Å². The van der Waals surface area contributed by atoms with Gasteiger partial charge in [-0.2, -0.15) is 5.10 Å². The van der Waals surface area contributed by atoms with Crippen LogP contribution in [0.3, 0.4) is 0 Å². The smallest absolute Gasteiger partial charge is 0.359 e. The van der Waals surface area contributed by atoms with Crippen molar-refractivity contribution in [2.24, 2.45) is 0 Å². The zero-order valence-electron chi connectivity index (χ0n) is 14.3. The Hall–Kier alpha value is -2.62. The number of hydrogen-bond acceptors (Lipinski definition) is 5. The van der Waals surface area contributed by atoms with Crippen molar-refractivity contribution in [3.8, 4) is 0 Å². The van der Waals surface area contributed by atoms with Crippen molar-refractivity contribution in [3.05, 3.63) is 56.4 Å². The summed E-state index contributed by atoms with van der Waals surface area (Å²) >= 11 is 2.93. The fourth-order valence-electron chi connectivity index (χ4n) is 2.07. The molecular formula is C17H16BrF2N3O4. The largest absolute Gasteiger partial charge is 0.451 e. The number of carbonyl (C=O) groups excluding carboxylic acids is 2. The molecule has 0 aliphatic heterocycles. The number of aryl methyl sites for hydroxylation is 1. The van der Waals surface area contributed by atoms with Crippen LogP contribution >= 0.6 is 15.9 Å². The second-order valence-electron chi connectivity index (χ2n) is 5.50. The summed E-state index contributed by atoms with van der Waals surface area (Å²) in [6.07, 6.45) is 1.56. The topological polar surface area (TPSA) is 90.3 Å². The lowest BCUT2D eigenvalue weighted by Gasteiger charge is -2.10. The van der Waals surface area contributed by atoms with Crippen molar-refractivity contribution in [1.82, 2.24) is 9.78 Å². The van der Waals surface area contributed by atoms with Gasteiger partial charge in [0.15, 0.2) is 18.1 Å². The van der Waals surface area contributed by atoms with Gasteiger partial charge in [-0.1, -0.05) is 13.3 Å². The van der Waals surface area contributed by atoms with Crippen LogP contribution in [-0.2, 0) is 16.1 Å². The second kappa shape index (κ2) is 9.36. The van der Waals surface area contributed by atoms with Crippen LogP contribution < -0.4 is 10.9 Å². The maximum absolute atomic E-state index is 13.7. The molecular weight excluding hydrogens is 428 g/mol. The van der Waals surface area contributed by atoms with Crippen molar-refractivity contribution in [3.63, 3.8) is 0 Å². The Kier molecular flexibility index (Phi) is 7.17. The number of esters is 1. The van der Waals surface area contributed by atoms with Crippen molar-refractivity contribution in [1.29, 1.82) is 0 Å². The maximum Gasteiger partial charge on any atom is 0.359 e. The normalized spacial score (nSPS) is 10.5. The van der Waals surface area contributed by atoms with Crippen LogP contribution in [-0.4, -0.2) is 28.3 Å². The molecule has 0 aliphatic rings. The van der Waals surface area contributed by atoms with Gasteiger partial charge < -0.3 is 10.1 Å². The number of halogens is 3. The Balaban J connectivity index is 1.99. The van der Waals surface area contributed by atoms with E-state index in [0.29, 0.717) is 19.0 Å². The average Bonchev–Trinajstić information content (AvgIpc) is 2.62. The third kappa shape index (κ3) is 5.68. The molecule has 0 radical (unpaired) electrons. The van der Waals surface area contributed by atoms with Crippen molar-refractivity contribution in [2.75, 3.05) is 11.9 Å². The summed E-state index contributed by atoms with van der Waals surface area (Å²) in [5.74, 6) is -3.53. The Bertz CT molecular complexity index is 894. The van der Waals surface area contributed by atoms with E-state index in [4.69, 9.17) is 4.74 Å². The third-order valence-corrected chi connectivity index (χ3v) is 4.03. The lowest BCUT2D eigenvalue weighted by atomic mass is 10.3. The summed E-state index contributed by atoms with van der Waals surface area (Å²) in [5.41, 5.74) is -0.759. The van der Waals surface area contributed by atoms with Crippen LogP contribution in [0.25, 0.3) is 0 Å². The van der Waals surface area contributed by atoms with Gasteiger partial charge >= 0.3 is 5.97 Å². The molecule has 0 fully saturated rings. The third-order valence-electron chi connectivity index (χ3n) is 3.40. The number of nitrogens with one attached hydrogen (secondary N) is 1. The molecule has 10 heteroatoms. The van der Waals surface area contributed by atoms with Gasteiger partial charge in [-0.05, 0) is 34.5 Å². The molecule has 0 spiro atoms. The van der Waals surface area contributed by atoms with E-state index in [2.05, 4.69) is 26.3 Å². The molecule has 1 aromatic carbocycles. The Morgan fingerprint density at radius 3 is 2.70 bits per heavy atom. The molecule has 27 heavy (non-hydrogen) atoms. The molecule has 7 nitrogen and oxygen atoms in total. The Morgan fingerprint density at radius 1 is 1.30 bits per heavy atom. The van der Waals surface area contributed by atoms with Crippen LogP contribution in [0.15, 0.2) is 33.5 Å². The minimum absolute atomic E-state index is 0.00402. The molecule has 0 saturated carbocycles. The van der Waals surface area contributed by atoms with Gasteiger partial charge in [0.1, 0.15) is 5.82 Å². The summed E-state index contributed by atoms with van der Waals surface area (Å²) < 4.78 is 32.7. The first-order valence-corrected chi connectivity index (χ1v) is 8.80. The zero-order chi connectivity index (χ0) is 20.0. The summed E-state index contributed by atoms with van der Waals surface area (Å²) in [6.45, 7) is 1.59. The maximum atomic E-state index is 13.7. The fraction of sp³-hybridized carbons (Fsp3) is 0.294. The lowest BCUT2D eigenvalue weighted by Crippen LogP contribution is -2.26. The Labute approximate surface area is 161 Å². The molecule has 0 unspecified atom stereocenters. The summed E-state index contributed by atoms with van der Waals surface area (Å²) in [6, 6.07) is 3.97. The number of aromatic nitrogens is 2. The summed E-state index contributed by atoms with van der Waals surface area (Å²) in [7, 11) is 0. The standard InChI is InChI=1S/C17H16BrF2N3O4/c1-2-3-6-23-15(25)5-4-13(22-23)17(26)27-9-14(24)21-16-11(18)7-10(19)8-12(16)20/h4-5,7-8H,2-3,6,9H2,1H3,(H,21,24). The molecule has 0 atom stereocenters. The SMILES string of the molecule is CCCCn1nc(C(=O)OCC(=O)Nc2c(F)cc(F)cc2Br)ccc1=O. The molecule has 0 saturated heterocycles. The number of anilines is 1. The van der Waals surface area contributed by atoms with E-state index in [1.54, 1.807) is 0 Å². The number of ether oxygens (including phenoxy) is 1. The van der Waals surface area contributed by atoms with E-state index in [9.17, 15) is 23.2 Å². The van der Waals surface area contributed by atoms with Crippen LogP contribution in [0, 0.1) is 11.6 Å². The monoisotopic (exact) mass is 443 g/mol. The van der Waals surface area contributed by atoms with Gasteiger partial charge in [0.05, 0.1) is 5.69 Å². The van der Waals surface area contributed by atoms with Gasteiger partial charge in [-0.15, -0.1) is 0 Å². The molecule has 0 aliphatic carbocycles. The van der Waals surface area contributed by atoms with Crippen LogP contribution in [0.5, 0.6) is 0 Å². The van der Waals surface area contributed by atoms with Crippen molar-refractivity contribution in [2.45, 2.75) is 26.3 Å². The van der Waals surface area contributed by atoms with Crippen molar-refractivity contribution >= 4 is 33.5 Å². The predicted octanol–water partition coefficient (Wildman–Crippen LogP) is 2.88. The molecule has 1 heterocycles. The Morgan fingerprint density at radius 2 is 2.04 bits per heavy atom. The number of rotatable bonds is 7. The minimum Gasteiger partial charge on any atom is -0.451 e. The second-order valence-corrected chi connectivity index (χ2v) is 6.36. The highest BCUT2D eigenvalue weighted by atomic mass is 79.9. The van der Waals surface area contributed by atoms with E-state index in [-0.39, 0.29) is 21.4 Å². The van der Waals surface area contributed by atoms with Crippen LogP contribution in [0.2, 0.25) is 0 Å². The first kappa shape index (κ1) is 20.7. The fourth-order valence-corrected chi connectivity index (χ4v) is 2.58. The number of amides is 1. The molecule has 1 aromatic heterocycles. The van der Waals surface area contributed by atoms with E-state index < -0.39 is 30.1 Å². The highest BCUT2D eigenvalue weighted by Crippen LogP contribution is 2.26. The first-order chi connectivity index (χ1) is 12.8. The van der Waals surface area contributed by atoms with Gasteiger partial charge in [-0.25, -0.2) is 18.3 Å². The van der Waals surface area contributed by atoms with E-state index in [1.165, 1.54) is 12.1 Å². The number of nitrogens with zero attached hydrogens (tertiary/aromatic N) is 2. The molecule has 2 aromatic rings. The predicted molar refractivity (Wildman–Crippen MR) is 96.4 cm³/mol. The van der Waals surface area contributed by atoms with Gasteiger partial charge in [0.2, 0.25) is 0 Å². The molecule has 0 bridgehead atoms. The number of carbonyl (C=O) groups is 2. The highest BCUT2D eigenvalue weighted by molar-refractivity contribution is 9.10. The number of hydrogen-bond donors (Lipinski definition) is 1. The van der Waals surface area contributed by atoms with Gasteiger partial charge in [-0.3, -0.25) is 9.59 Å². The van der Waals surface area contributed by atoms with Gasteiger partial charge in [0, 0.05) is 23.2 Å². The first-order valence-electron chi connectivity index (χ1n) is 8.01. The summed E-state index contributed by atoms with van der Waals surface area (Å²) in [4.78, 5) is 35.5. The van der Waals surface area contributed by atoms with E-state index in [1.807, 2.05) is 6.92 Å². The lowest BCUT2D eigenvalue weighted by molar-refractivity contribution is -0.119. The highest BCUT2D eigenvalue weighted by Gasteiger charge is 2.16. The summed E-state index contributed by atoms with van der Waals surface area (Å²) in [5, 5.41) is 6.08. The zero-order valence-corrected chi connectivity index (χ0v) is 15.9. The van der Waals surface area contributed by atoms with E-state index in [0.717, 1.165) is 17.2 Å². The number of unbranched alkanes of at least 4 members (excludes halogenated alkanes) is 1. The average molecular weight is 444 g/mol. The quantitative estimate of drug-likeness (QED) is 0.664.